The lowest BCUT2D eigenvalue weighted by Gasteiger charge is -2.35. The Morgan fingerprint density at radius 3 is 2.92 bits per heavy atom. The van der Waals surface area contributed by atoms with E-state index >= 15 is 0 Å². The van der Waals surface area contributed by atoms with E-state index in [0.29, 0.717) is 11.3 Å². The highest BCUT2D eigenvalue weighted by atomic mass is 16.5. The van der Waals surface area contributed by atoms with Crippen molar-refractivity contribution < 1.29 is 4.74 Å². The molecule has 2 fully saturated rings. The summed E-state index contributed by atoms with van der Waals surface area (Å²) in [5, 5.41) is 0. The Hall–Kier alpha value is -0.0800. The van der Waals surface area contributed by atoms with Crippen LogP contribution in [0.15, 0.2) is 0 Å². The van der Waals surface area contributed by atoms with Gasteiger partial charge in [0.15, 0.2) is 0 Å². The van der Waals surface area contributed by atoms with Gasteiger partial charge in [0.05, 0.1) is 6.61 Å². The standard InChI is InChI=1S/C10H19NO/c1-8(6-11)9-2-5-12-7-10(9)3-4-10/h8-9H,2-7,11H2,1H3. The zero-order valence-corrected chi connectivity index (χ0v) is 7.88. The van der Waals surface area contributed by atoms with Crippen molar-refractivity contribution in [2.24, 2.45) is 23.0 Å². The van der Waals surface area contributed by atoms with Gasteiger partial charge in [0, 0.05) is 6.61 Å². The van der Waals surface area contributed by atoms with Crippen molar-refractivity contribution in [1.29, 1.82) is 0 Å². The number of ether oxygens (including phenoxy) is 1. The maximum atomic E-state index is 5.71. The van der Waals surface area contributed by atoms with Gasteiger partial charge < -0.3 is 10.5 Å². The molecular formula is C10H19NO. The summed E-state index contributed by atoms with van der Waals surface area (Å²) in [5.74, 6) is 1.53. The van der Waals surface area contributed by atoms with Crippen molar-refractivity contribution in [2.75, 3.05) is 19.8 Å². The maximum Gasteiger partial charge on any atom is 0.0525 e. The van der Waals surface area contributed by atoms with Gasteiger partial charge in [-0.3, -0.25) is 0 Å². The first-order valence-corrected chi connectivity index (χ1v) is 5.06. The Morgan fingerprint density at radius 2 is 2.33 bits per heavy atom. The molecule has 2 unspecified atom stereocenters. The molecule has 2 N–H and O–H groups in total. The van der Waals surface area contributed by atoms with Gasteiger partial charge in [-0.25, -0.2) is 0 Å². The van der Waals surface area contributed by atoms with Crippen molar-refractivity contribution in [1.82, 2.24) is 0 Å². The third kappa shape index (κ3) is 1.27. The lowest BCUT2D eigenvalue weighted by atomic mass is 9.77. The molecule has 0 aromatic heterocycles. The van der Waals surface area contributed by atoms with Gasteiger partial charge in [0.1, 0.15) is 0 Å². The third-order valence-corrected chi connectivity index (χ3v) is 3.70. The van der Waals surface area contributed by atoms with E-state index in [9.17, 15) is 0 Å². The fourth-order valence-corrected chi connectivity index (χ4v) is 2.63. The molecule has 1 aliphatic heterocycles. The van der Waals surface area contributed by atoms with Crippen molar-refractivity contribution in [3.63, 3.8) is 0 Å². The minimum atomic E-state index is 0.567. The lowest BCUT2D eigenvalue weighted by Crippen LogP contribution is -2.36. The molecule has 70 valence electrons. The maximum absolute atomic E-state index is 5.71. The fourth-order valence-electron chi connectivity index (χ4n) is 2.63. The van der Waals surface area contributed by atoms with Crippen LogP contribution >= 0.6 is 0 Å². The quantitative estimate of drug-likeness (QED) is 0.678. The summed E-state index contributed by atoms with van der Waals surface area (Å²) < 4.78 is 5.53. The molecule has 2 heteroatoms. The van der Waals surface area contributed by atoms with E-state index in [2.05, 4.69) is 6.92 Å². The van der Waals surface area contributed by atoms with Crippen LogP contribution in [0.1, 0.15) is 26.2 Å². The Balaban J connectivity index is 2.01. The van der Waals surface area contributed by atoms with Gasteiger partial charge in [0.25, 0.3) is 0 Å². The number of rotatable bonds is 2. The van der Waals surface area contributed by atoms with E-state index in [1.165, 1.54) is 19.3 Å². The van der Waals surface area contributed by atoms with Crippen molar-refractivity contribution in [2.45, 2.75) is 26.2 Å². The predicted molar refractivity (Wildman–Crippen MR) is 48.8 cm³/mol. The summed E-state index contributed by atoms with van der Waals surface area (Å²) >= 11 is 0. The highest BCUT2D eigenvalue weighted by Gasteiger charge is 2.52. The second kappa shape index (κ2) is 3.00. The molecule has 1 saturated carbocycles. The van der Waals surface area contributed by atoms with E-state index in [1.54, 1.807) is 0 Å². The molecule has 2 atom stereocenters. The number of nitrogens with two attached hydrogens (primary N) is 1. The van der Waals surface area contributed by atoms with Gasteiger partial charge in [-0.15, -0.1) is 0 Å². The molecule has 0 aromatic carbocycles. The van der Waals surface area contributed by atoms with E-state index in [4.69, 9.17) is 10.5 Å². The zero-order chi connectivity index (χ0) is 8.60. The summed E-state index contributed by atoms with van der Waals surface area (Å²) in [7, 11) is 0. The second-order valence-corrected chi connectivity index (χ2v) is 4.52. The van der Waals surface area contributed by atoms with E-state index in [-0.39, 0.29) is 0 Å². The SMILES string of the molecule is CC(CN)C1CCOCC12CC2. The fraction of sp³-hybridized carbons (Fsp3) is 1.00. The highest BCUT2D eigenvalue weighted by Crippen LogP contribution is 2.57. The topological polar surface area (TPSA) is 35.2 Å². The Morgan fingerprint density at radius 1 is 1.58 bits per heavy atom. The molecule has 2 aliphatic rings. The van der Waals surface area contributed by atoms with Crippen molar-refractivity contribution >= 4 is 0 Å². The molecule has 1 spiro atoms. The Bertz CT molecular complexity index is 165. The van der Waals surface area contributed by atoms with Crippen molar-refractivity contribution in [3.8, 4) is 0 Å². The van der Waals surface area contributed by atoms with Crippen molar-refractivity contribution in [3.05, 3.63) is 0 Å². The molecule has 1 aliphatic carbocycles. The molecule has 12 heavy (non-hydrogen) atoms. The summed E-state index contributed by atoms with van der Waals surface area (Å²) in [5.41, 5.74) is 6.28. The van der Waals surface area contributed by atoms with Gasteiger partial charge in [-0.1, -0.05) is 6.92 Å². The monoisotopic (exact) mass is 169 g/mol. The third-order valence-electron chi connectivity index (χ3n) is 3.70. The van der Waals surface area contributed by atoms with Crippen LogP contribution < -0.4 is 5.73 Å². The van der Waals surface area contributed by atoms with Gasteiger partial charge in [-0.05, 0) is 43.1 Å². The normalized spacial score (nSPS) is 35.0. The average Bonchev–Trinajstić information content (AvgIpc) is 2.85. The molecule has 0 aromatic rings. The lowest BCUT2D eigenvalue weighted by molar-refractivity contribution is -0.0143. The van der Waals surface area contributed by atoms with E-state index in [0.717, 1.165) is 25.7 Å². The van der Waals surface area contributed by atoms with Crippen LogP contribution in [0, 0.1) is 17.3 Å². The van der Waals surface area contributed by atoms with Crippen LogP contribution in [0.4, 0.5) is 0 Å². The van der Waals surface area contributed by atoms with E-state index < -0.39 is 0 Å². The van der Waals surface area contributed by atoms with Crippen LogP contribution in [-0.2, 0) is 4.74 Å². The summed E-state index contributed by atoms with van der Waals surface area (Å²) in [6.45, 7) is 5.08. The first-order valence-electron chi connectivity index (χ1n) is 5.06. The number of hydrogen-bond acceptors (Lipinski definition) is 2. The minimum Gasteiger partial charge on any atom is -0.381 e. The smallest absolute Gasteiger partial charge is 0.0525 e. The molecule has 1 heterocycles. The summed E-state index contributed by atoms with van der Waals surface area (Å²) in [4.78, 5) is 0. The van der Waals surface area contributed by atoms with Crippen LogP contribution in [0.3, 0.4) is 0 Å². The summed E-state index contributed by atoms with van der Waals surface area (Å²) in [6.07, 6.45) is 3.99. The largest absolute Gasteiger partial charge is 0.381 e. The molecule has 2 nitrogen and oxygen atoms in total. The zero-order valence-electron chi connectivity index (χ0n) is 7.88. The Labute approximate surface area is 74.5 Å². The first-order chi connectivity index (χ1) is 5.78. The van der Waals surface area contributed by atoms with Crippen LogP contribution in [-0.4, -0.2) is 19.8 Å². The molecule has 0 bridgehead atoms. The molecule has 1 saturated heterocycles. The van der Waals surface area contributed by atoms with Gasteiger partial charge >= 0.3 is 0 Å². The first kappa shape index (κ1) is 8.52. The molecule has 0 amide bonds. The Kier molecular flexibility index (Phi) is 2.13. The van der Waals surface area contributed by atoms with Crippen LogP contribution in [0.5, 0.6) is 0 Å². The average molecular weight is 169 g/mol. The molecular weight excluding hydrogens is 150 g/mol. The number of hydrogen-bond donors (Lipinski definition) is 1. The molecule has 2 rings (SSSR count). The van der Waals surface area contributed by atoms with E-state index in [1.807, 2.05) is 0 Å². The van der Waals surface area contributed by atoms with Crippen LogP contribution in [0.2, 0.25) is 0 Å². The van der Waals surface area contributed by atoms with Gasteiger partial charge in [-0.2, -0.15) is 0 Å². The van der Waals surface area contributed by atoms with Crippen LogP contribution in [0.25, 0.3) is 0 Å². The highest BCUT2D eigenvalue weighted by molar-refractivity contribution is 5.01. The predicted octanol–water partition coefficient (Wildman–Crippen LogP) is 1.40. The molecule has 0 radical (unpaired) electrons. The second-order valence-electron chi connectivity index (χ2n) is 4.52. The van der Waals surface area contributed by atoms with Gasteiger partial charge in [0.2, 0.25) is 0 Å². The minimum absolute atomic E-state index is 0.567. The summed E-state index contributed by atoms with van der Waals surface area (Å²) in [6, 6.07) is 0.